The summed E-state index contributed by atoms with van der Waals surface area (Å²) in [5, 5.41) is 11.8. The van der Waals surface area contributed by atoms with Crippen LogP contribution >= 0.6 is 11.8 Å². The molecule has 26 heavy (non-hydrogen) atoms. The molecule has 5 heteroatoms. The molecule has 1 amide bonds. The average Bonchev–Trinajstić information content (AvgIpc) is 3.45. The van der Waals surface area contributed by atoms with Crippen LogP contribution in [0.2, 0.25) is 0 Å². The maximum atomic E-state index is 12.9. The van der Waals surface area contributed by atoms with E-state index in [1.807, 2.05) is 54.6 Å². The summed E-state index contributed by atoms with van der Waals surface area (Å²) in [6.45, 7) is 0. The molecule has 1 aliphatic rings. The molecule has 2 N–H and O–H groups in total. The van der Waals surface area contributed by atoms with Crippen molar-refractivity contribution in [2.75, 3.05) is 11.1 Å². The Labute approximate surface area is 158 Å². The van der Waals surface area contributed by atoms with Crippen LogP contribution in [-0.2, 0) is 15.3 Å². The number of anilines is 1. The van der Waals surface area contributed by atoms with Gasteiger partial charge in [-0.2, -0.15) is 11.8 Å². The molecule has 0 aromatic heterocycles. The van der Waals surface area contributed by atoms with Crippen molar-refractivity contribution in [3.63, 3.8) is 0 Å². The van der Waals surface area contributed by atoms with Crippen molar-refractivity contribution in [1.82, 2.24) is 0 Å². The van der Waals surface area contributed by atoms with Crippen molar-refractivity contribution in [2.24, 2.45) is 5.92 Å². The number of carbonyl (C=O) groups excluding carboxylic acids is 1. The standard InChI is InChI=1S/C21H23NO3S/c23-19(24)11-12-26-14-15-5-4-8-18(13-15)22-21(25)20(17-9-10-17)16-6-2-1-3-7-16/h1-8,13,17,20H,9-12,14H2,(H,22,25)(H,23,24). The van der Waals surface area contributed by atoms with Crippen LogP contribution in [0.4, 0.5) is 5.69 Å². The Balaban J connectivity index is 1.61. The quantitative estimate of drug-likeness (QED) is 0.638. The molecular weight excluding hydrogens is 346 g/mol. The summed E-state index contributed by atoms with van der Waals surface area (Å²) in [6.07, 6.45) is 2.38. The van der Waals surface area contributed by atoms with Crippen molar-refractivity contribution in [2.45, 2.75) is 30.9 Å². The lowest BCUT2D eigenvalue weighted by atomic mass is 9.93. The number of thioether (sulfide) groups is 1. The lowest BCUT2D eigenvalue weighted by Gasteiger charge is -2.17. The van der Waals surface area contributed by atoms with Gasteiger partial charge in [-0.25, -0.2) is 0 Å². The minimum Gasteiger partial charge on any atom is -0.481 e. The van der Waals surface area contributed by atoms with Crippen LogP contribution in [0.25, 0.3) is 0 Å². The van der Waals surface area contributed by atoms with Crippen molar-refractivity contribution < 1.29 is 14.7 Å². The first-order valence-corrected chi connectivity index (χ1v) is 10.0. The number of amides is 1. The van der Waals surface area contributed by atoms with Gasteiger partial charge in [-0.15, -0.1) is 0 Å². The molecule has 0 radical (unpaired) electrons. The summed E-state index contributed by atoms with van der Waals surface area (Å²) < 4.78 is 0. The van der Waals surface area contributed by atoms with Crippen LogP contribution in [0.3, 0.4) is 0 Å². The number of aliphatic carboxylic acids is 1. The van der Waals surface area contributed by atoms with Crippen molar-refractivity contribution >= 4 is 29.3 Å². The first kappa shape index (κ1) is 18.5. The number of carbonyl (C=O) groups is 2. The number of hydrogen-bond donors (Lipinski definition) is 2. The number of rotatable bonds is 9. The normalized spacial score (nSPS) is 14.6. The lowest BCUT2D eigenvalue weighted by Crippen LogP contribution is -2.22. The van der Waals surface area contributed by atoms with Crippen LogP contribution in [0.1, 0.15) is 36.3 Å². The minimum absolute atomic E-state index is 0.0504. The van der Waals surface area contributed by atoms with Gasteiger partial charge in [-0.05, 0) is 42.0 Å². The van der Waals surface area contributed by atoms with Gasteiger partial charge in [-0.1, -0.05) is 42.5 Å². The van der Waals surface area contributed by atoms with E-state index in [0.717, 1.165) is 35.4 Å². The predicted molar refractivity (Wildman–Crippen MR) is 105 cm³/mol. The zero-order valence-electron chi connectivity index (χ0n) is 14.6. The second-order valence-corrected chi connectivity index (χ2v) is 7.72. The van der Waals surface area contributed by atoms with Gasteiger partial charge in [0.15, 0.2) is 0 Å². The minimum atomic E-state index is -0.773. The summed E-state index contributed by atoms with van der Waals surface area (Å²) >= 11 is 1.59. The van der Waals surface area contributed by atoms with E-state index < -0.39 is 5.97 Å². The first-order valence-electron chi connectivity index (χ1n) is 8.88. The Bertz CT molecular complexity index is 759. The number of nitrogens with one attached hydrogen (secondary N) is 1. The molecule has 2 aromatic carbocycles. The Kier molecular flexibility index (Phi) is 6.34. The molecule has 1 fully saturated rings. The van der Waals surface area contributed by atoms with Crippen molar-refractivity contribution in [3.8, 4) is 0 Å². The lowest BCUT2D eigenvalue weighted by molar-refractivity contribution is -0.136. The topological polar surface area (TPSA) is 66.4 Å². The van der Waals surface area contributed by atoms with Crippen LogP contribution in [0.15, 0.2) is 54.6 Å². The maximum absolute atomic E-state index is 12.9. The second-order valence-electron chi connectivity index (χ2n) is 6.61. The second kappa shape index (κ2) is 8.90. The summed E-state index contributed by atoms with van der Waals surface area (Å²) in [6, 6.07) is 17.8. The van der Waals surface area contributed by atoms with Gasteiger partial charge >= 0.3 is 5.97 Å². The molecule has 1 atom stereocenters. The highest BCUT2D eigenvalue weighted by Crippen LogP contribution is 2.43. The molecule has 1 aliphatic carbocycles. The summed E-state index contributed by atoms with van der Waals surface area (Å²) in [7, 11) is 0. The van der Waals surface area contributed by atoms with Gasteiger partial charge in [-0.3, -0.25) is 9.59 Å². The smallest absolute Gasteiger partial charge is 0.304 e. The van der Waals surface area contributed by atoms with Crippen LogP contribution in [-0.4, -0.2) is 22.7 Å². The van der Waals surface area contributed by atoms with E-state index in [4.69, 9.17) is 5.11 Å². The number of hydrogen-bond acceptors (Lipinski definition) is 3. The van der Waals surface area contributed by atoms with Crippen molar-refractivity contribution in [3.05, 3.63) is 65.7 Å². The van der Waals surface area contributed by atoms with Crippen molar-refractivity contribution in [1.29, 1.82) is 0 Å². The van der Waals surface area contributed by atoms with E-state index in [-0.39, 0.29) is 18.2 Å². The molecule has 1 unspecified atom stereocenters. The van der Waals surface area contributed by atoms with Gasteiger partial charge in [0, 0.05) is 17.2 Å². The highest BCUT2D eigenvalue weighted by Gasteiger charge is 2.37. The Hall–Kier alpha value is -2.27. The summed E-state index contributed by atoms with van der Waals surface area (Å²) in [4.78, 5) is 23.4. The molecule has 3 rings (SSSR count). The van der Waals surface area contributed by atoms with Gasteiger partial charge in [0.25, 0.3) is 0 Å². The fraction of sp³-hybridized carbons (Fsp3) is 0.333. The third-order valence-electron chi connectivity index (χ3n) is 4.46. The Morgan fingerprint density at radius 3 is 2.58 bits per heavy atom. The predicted octanol–water partition coefficient (Wildman–Crippen LogP) is 4.53. The SMILES string of the molecule is O=C(O)CCSCc1cccc(NC(=O)C(c2ccccc2)C2CC2)c1. The molecule has 0 aliphatic heterocycles. The number of carboxylic acid groups (broad SMARTS) is 1. The summed E-state index contributed by atoms with van der Waals surface area (Å²) in [5.74, 6) is 0.947. The van der Waals surface area contributed by atoms with E-state index >= 15 is 0 Å². The van der Waals surface area contributed by atoms with E-state index in [2.05, 4.69) is 5.32 Å². The number of benzene rings is 2. The Morgan fingerprint density at radius 1 is 1.12 bits per heavy atom. The van der Waals surface area contributed by atoms with E-state index in [1.165, 1.54) is 0 Å². The van der Waals surface area contributed by atoms with Crippen LogP contribution < -0.4 is 5.32 Å². The van der Waals surface area contributed by atoms with Gasteiger partial charge in [0.05, 0.1) is 12.3 Å². The van der Waals surface area contributed by atoms with Crippen LogP contribution in [0.5, 0.6) is 0 Å². The largest absolute Gasteiger partial charge is 0.481 e. The molecular formula is C21H23NO3S. The molecule has 2 aromatic rings. The van der Waals surface area contributed by atoms with E-state index in [1.54, 1.807) is 11.8 Å². The fourth-order valence-electron chi connectivity index (χ4n) is 3.04. The molecule has 0 heterocycles. The van der Waals surface area contributed by atoms with Gasteiger partial charge in [0.1, 0.15) is 0 Å². The third kappa shape index (κ3) is 5.36. The first-order chi connectivity index (χ1) is 12.6. The fourth-order valence-corrected chi connectivity index (χ4v) is 3.91. The molecule has 4 nitrogen and oxygen atoms in total. The zero-order valence-corrected chi connectivity index (χ0v) is 15.4. The zero-order chi connectivity index (χ0) is 18.4. The van der Waals surface area contributed by atoms with Gasteiger partial charge in [0.2, 0.25) is 5.91 Å². The molecule has 0 saturated heterocycles. The highest BCUT2D eigenvalue weighted by atomic mass is 32.2. The molecule has 136 valence electrons. The third-order valence-corrected chi connectivity index (χ3v) is 5.49. The van der Waals surface area contributed by atoms with Crippen LogP contribution in [0, 0.1) is 5.92 Å². The molecule has 0 spiro atoms. The van der Waals surface area contributed by atoms with E-state index in [0.29, 0.717) is 11.7 Å². The van der Waals surface area contributed by atoms with E-state index in [9.17, 15) is 9.59 Å². The maximum Gasteiger partial charge on any atom is 0.304 e. The highest BCUT2D eigenvalue weighted by molar-refractivity contribution is 7.98. The summed E-state index contributed by atoms with van der Waals surface area (Å²) in [5.41, 5.74) is 2.96. The molecule has 0 bridgehead atoms. The van der Waals surface area contributed by atoms with Gasteiger partial charge < -0.3 is 10.4 Å². The monoisotopic (exact) mass is 369 g/mol. The average molecular weight is 369 g/mol. The Morgan fingerprint density at radius 2 is 1.88 bits per heavy atom. The molecule has 1 saturated carbocycles. The number of carboxylic acids is 1.